The number of rotatable bonds is 7. The third-order valence-corrected chi connectivity index (χ3v) is 3.11. The van der Waals surface area contributed by atoms with Crippen LogP contribution in [-0.2, 0) is 10.0 Å². The van der Waals surface area contributed by atoms with Gasteiger partial charge in [-0.05, 0) is 6.26 Å². The minimum Gasteiger partial charge on any atom is -0.369 e. The number of nitrogen functional groups attached to an aromatic ring is 1. The average molecular weight is 292 g/mol. The van der Waals surface area contributed by atoms with E-state index in [2.05, 4.69) is 25.4 Å². The van der Waals surface area contributed by atoms with Crippen LogP contribution in [0, 0.1) is 0 Å². The van der Waals surface area contributed by atoms with Crippen molar-refractivity contribution in [2.24, 2.45) is 5.84 Å². The third-order valence-electron chi connectivity index (χ3n) is 1.83. The van der Waals surface area contributed by atoms with E-state index in [1.165, 1.54) is 11.8 Å². The van der Waals surface area contributed by atoms with Crippen LogP contribution >= 0.6 is 11.8 Å². The lowest BCUT2D eigenvalue weighted by Gasteiger charge is -2.08. The van der Waals surface area contributed by atoms with Gasteiger partial charge in [0.05, 0.1) is 6.26 Å². The lowest BCUT2D eigenvalue weighted by atomic mass is 10.5. The molecule has 1 aromatic rings. The summed E-state index contributed by atoms with van der Waals surface area (Å²) in [6, 6.07) is 1.64. The van der Waals surface area contributed by atoms with Crippen molar-refractivity contribution in [2.75, 3.05) is 36.3 Å². The smallest absolute Gasteiger partial charge is 0.208 e. The van der Waals surface area contributed by atoms with Crippen molar-refractivity contribution >= 4 is 33.4 Å². The molecule has 1 aromatic heterocycles. The zero-order valence-electron chi connectivity index (χ0n) is 10.1. The van der Waals surface area contributed by atoms with Crippen molar-refractivity contribution in [2.45, 2.75) is 5.16 Å². The quantitative estimate of drug-likeness (QED) is 0.173. The highest BCUT2D eigenvalue weighted by Gasteiger charge is 2.03. The van der Waals surface area contributed by atoms with Crippen molar-refractivity contribution < 1.29 is 8.42 Å². The van der Waals surface area contributed by atoms with E-state index in [1.54, 1.807) is 6.07 Å². The molecule has 8 nitrogen and oxygen atoms in total. The molecule has 0 saturated heterocycles. The largest absolute Gasteiger partial charge is 0.369 e. The van der Waals surface area contributed by atoms with Crippen molar-refractivity contribution in [3.8, 4) is 0 Å². The lowest BCUT2D eigenvalue weighted by Crippen LogP contribution is -2.27. The van der Waals surface area contributed by atoms with Gasteiger partial charge in [0, 0.05) is 19.2 Å². The molecule has 0 aliphatic rings. The molecule has 1 heterocycles. The van der Waals surface area contributed by atoms with Crippen LogP contribution in [-0.4, -0.2) is 44.0 Å². The number of hydrogen-bond donors (Lipinski definition) is 4. The highest BCUT2D eigenvalue weighted by Crippen LogP contribution is 2.16. The van der Waals surface area contributed by atoms with Gasteiger partial charge in [0.1, 0.15) is 11.6 Å². The maximum absolute atomic E-state index is 10.8. The van der Waals surface area contributed by atoms with Crippen LogP contribution in [0.5, 0.6) is 0 Å². The number of nitrogens with two attached hydrogens (primary N) is 1. The van der Waals surface area contributed by atoms with E-state index >= 15 is 0 Å². The minimum absolute atomic E-state index is 0.281. The number of nitrogens with zero attached hydrogens (tertiary/aromatic N) is 2. The van der Waals surface area contributed by atoms with E-state index in [0.29, 0.717) is 23.3 Å². The van der Waals surface area contributed by atoms with E-state index in [9.17, 15) is 8.42 Å². The molecule has 5 N–H and O–H groups in total. The predicted octanol–water partition coefficient (Wildman–Crippen LogP) is -0.555. The van der Waals surface area contributed by atoms with Gasteiger partial charge in [-0.1, -0.05) is 11.8 Å². The van der Waals surface area contributed by atoms with Crippen LogP contribution in [0.3, 0.4) is 0 Å². The fourth-order valence-electron chi connectivity index (χ4n) is 1.11. The maximum atomic E-state index is 10.8. The average Bonchev–Trinajstić information content (AvgIpc) is 2.33. The molecular weight excluding hydrogens is 276 g/mol. The Morgan fingerprint density at radius 2 is 2.00 bits per heavy atom. The van der Waals surface area contributed by atoms with Gasteiger partial charge in [-0.2, -0.15) is 0 Å². The second kappa shape index (κ2) is 6.73. The molecule has 1 rings (SSSR count). The second-order valence-corrected chi connectivity index (χ2v) is 5.97. The number of hydrazine groups is 1. The summed E-state index contributed by atoms with van der Waals surface area (Å²) in [6.07, 6.45) is 2.96. The van der Waals surface area contributed by atoms with Crippen LogP contribution in [0.4, 0.5) is 11.6 Å². The summed E-state index contributed by atoms with van der Waals surface area (Å²) in [5.41, 5.74) is 2.44. The number of nitrogens with one attached hydrogen (secondary N) is 3. The number of hydrogen-bond acceptors (Lipinski definition) is 8. The van der Waals surface area contributed by atoms with E-state index < -0.39 is 10.0 Å². The number of thioether (sulfide) groups is 1. The Morgan fingerprint density at radius 3 is 2.56 bits per heavy atom. The number of aromatic nitrogens is 2. The molecule has 10 heteroatoms. The molecule has 0 fully saturated rings. The Balaban J connectivity index is 2.56. The van der Waals surface area contributed by atoms with Crippen molar-refractivity contribution in [3.63, 3.8) is 0 Å². The van der Waals surface area contributed by atoms with Crippen molar-refractivity contribution in [1.82, 2.24) is 14.7 Å². The summed E-state index contributed by atoms with van der Waals surface area (Å²) in [4.78, 5) is 8.30. The van der Waals surface area contributed by atoms with Crippen LogP contribution in [0.15, 0.2) is 11.2 Å². The summed E-state index contributed by atoms with van der Waals surface area (Å²) in [5, 5.41) is 3.55. The zero-order valence-corrected chi connectivity index (χ0v) is 11.7. The lowest BCUT2D eigenvalue weighted by molar-refractivity contribution is 0.589. The van der Waals surface area contributed by atoms with E-state index in [-0.39, 0.29) is 6.54 Å². The van der Waals surface area contributed by atoms with Crippen molar-refractivity contribution in [3.05, 3.63) is 6.07 Å². The van der Waals surface area contributed by atoms with Gasteiger partial charge >= 0.3 is 0 Å². The van der Waals surface area contributed by atoms with Gasteiger partial charge in [0.15, 0.2) is 5.16 Å². The summed E-state index contributed by atoms with van der Waals surface area (Å²) in [5.74, 6) is 6.36. The first-order valence-electron chi connectivity index (χ1n) is 5.03. The summed E-state index contributed by atoms with van der Waals surface area (Å²) in [6.45, 7) is 0.699. The molecule has 0 aliphatic heterocycles. The molecule has 0 bridgehead atoms. The van der Waals surface area contributed by atoms with Gasteiger partial charge in [-0.15, -0.1) is 0 Å². The normalized spacial score (nSPS) is 11.3. The maximum Gasteiger partial charge on any atom is 0.208 e. The Bertz CT molecular complexity index is 470. The Labute approximate surface area is 110 Å². The molecule has 0 spiro atoms. The summed E-state index contributed by atoms with van der Waals surface area (Å²) in [7, 11) is -3.16. The topological polar surface area (TPSA) is 122 Å². The van der Waals surface area contributed by atoms with Gasteiger partial charge in [-0.3, -0.25) is 0 Å². The van der Waals surface area contributed by atoms with Gasteiger partial charge in [0.25, 0.3) is 0 Å². The number of anilines is 2. The van der Waals surface area contributed by atoms with Gasteiger partial charge in [0.2, 0.25) is 10.0 Å². The van der Waals surface area contributed by atoms with Crippen LogP contribution < -0.4 is 21.3 Å². The van der Waals surface area contributed by atoms with Crippen LogP contribution in [0.2, 0.25) is 0 Å². The molecular formula is C8H16N6O2S2. The van der Waals surface area contributed by atoms with Crippen molar-refractivity contribution in [1.29, 1.82) is 0 Å². The van der Waals surface area contributed by atoms with E-state index in [0.717, 1.165) is 6.26 Å². The Hall–Kier alpha value is -1.10. The highest BCUT2D eigenvalue weighted by atomic mass is 32.2. The summed E-state index contributed by atoms with van der Waals surface area (Å²) < 4.78 is 24.1. The molecule has 0 amide bonds. The molecule has 102 valence electrons. The second-order valence-electron chi connectivity index (χ2n) is 3.36. The first-order valence-corrected chi connectivity index (χ1v) is 8.14. The fourth-order valence-corrected chi connectivity index (χ4v) is 1.96. The third kappa shape index (κ3) is 5.49. The van der Waals surface area contributed by atoms with Gasteiger partial charge < -0.3 is 10.7 Å². The summed E-state index contributed by atoms with van der Waals surface area (Å²) >= 11 is 1.39. The molecule has 0 aromatic carbocycles. The Kier molecular flexibility index (Phi) is 5.59. The SMILES string of the molecule is CSc1nc(NN)cc(NCCNS(C)(=O)=O)n1. The molecule has 0 saturated carbocycles. The molecule has 0 aliphatic carbocycles. The monoisotopic (exact) mass is 292 g/mol. The zero-order chi connectivity index (χ0) is 13.6. The molecule has 0 unspecified atom stereocenters. The molecule has 18 heavy (non-hydrogen) atoms. The first kappa shape index (κ1) is 15.0. The Morgan fingerprint density at radius 1 is 1.33 bits per heavy atom. The first-order chi connectivity index (χ1) is 8.44. The van der Waals surface area contributed by atoms with E-state index in [4.69, 9.17) is 5.84 Å². The number of sulfonamides is 1. The molecule has 0 atom stereocenters. The van der Waals surface area contributed by atoms with E-state index in [1.807, 2.05) is 6.26 Å². The standard InChI is InChI=1S/C8H16N6O2S2/c1-17-8-12-6(5-7(13-8)14-9)10-3-4-11-18(2,15)16/h5,11H,3-4,9H2,1-2H3,(H2,10,12,13,14). The fraction of sp³-hybridized carbons (Fsp3) is 0.500. The van der Waals surface area contributed by atoms with Crippen LogP contribution in [0.1, 0.15) is 0 Å². The van der Waals surface area contributed by atoms with Crippen LogP contribution in [0.25, 0.3) is 0 Å². The van der Waals surface area contributed by atoms with Gasteiger partial charge in [-0.25, -0.2) is 29.0 Å². The minimum atomic E-state index is -3.16. The predicted molar refractivity (Wildman–Crippen MR) is 73.0 cm³/mol. The highest BCUT2D eigenvalue weighted by molar-refractivity contribution is 7.98. The molecule has 0 radical (unpaired) electrons.